The fourth-order valence-electron chi connectivity index (χ4n) is 1.34. The second kappa shape index (κ2) is 4.16. The summed E-state index contributed by atoms with van der Waals surface area (Å²) in [7, 11) is 0. The summed E-state index contributed by atoms with van der Waals surface area (Å²) < 4.78 is 1.07. The van der Waals surface area contributed by atoms with Gasteiger partial charge in [-0.1, -0.05) is 28.1 Å². The third-order valence-corrected chi connectivity index (χ3v) is 2.71. The number of benzene rings is 1. The maximum Gasteiger partial charge on any atom is 0.123 e. The Kier molecular flexibility index (Phi) is 2.88. The Morgan fingerprint density at radius 1 is 1.33 bits per heavy atom. The van der Waals surface area contributed by atoms with Crippen LogP contribution in [0, 0.1) is 0 Å². The first-order valence-corrected chi connectivity index (χ1v) is 5.52. The molecule has 3 nitrogen and oxygen atoms in total. The molecule has 0 aliphatic carbocycles. The third-order valence-electron chi connectivity index (χ3n) is 2.18. The first kappa shape index (κ1) is 10.4. The molecule has 1 atom stereocenters. The molecular formula is C11H12BrN3. The molecule has 0 spiro atoms. The Hall–Kier alpha value is -1.13. The number of H-pyrrole nitrogens is 1. The fourth-order valence-corrected chi connectivity index (χ4v) is 1.61. The van der Waals surface area contributed by atoms with Gasteiger partial charge >= 0.3 is 0 Å². The number of nitrogens with two attached hydrogens (primary N) is 1. The highest BCUT2D eigenvalue weighted by Gasteiger charge is 2.05. The SMILES string of the molecule is C[C@H](N)c1ncc(-c2ccc(Br)cc2)[nH]1. The number of nitrogens with one attached hydrogen (secondary N) is 1. The van der Waals surface area contributed by atoms with E-state index in [1.165, 1.54) is 0 Å². The monoisotopic (exact) mass is 265 g/mol. The van der Waals surface area contributed by atoms with E-state index in [2.05, 4.69) is 25.9 Å². The molecule has 3 N–H and O–H groups in total. The van der Waals surface area contributed by atoms with E-state index in [0.29, 0.717) is 0 Å². The minimum atomic E-state index is -0.0609. The van der Waals surface area contributed by atoms with Crippen LogP contribution in [-0.2, 0) is 0 Å². The first-order valence-electron chi connectivity index (χ1n) is 4.73. The van der Waals surface area contributed by atoms with Gasteiger partial charge in [0.05, 0.1) is 17.9 Å². The van der Waals surface area contributed by atoms with Crippen LogP contribution in [0.3, 0.4) is 0 Å². The van der Waals surface area contributed by atoms with Crippen molar-refractivity contribution in [1.29, 1.82) is 0 Å². The number of hydrogen-bond donors (Lipinski definition) is 2. The van der Waals surface area contributed by atoms with Crippen molar-refractivity contribution >= 4 is 15.9 Å². The van der Waals surface area contributed by atoms with Crippen LogP contribution in [0.25, 0.3) is 11.3 Å². The normalized spacial score (nSPS) is 12.7. The molecule has 0 unspecified atom stereocenters. The van der Waals surface area contributed by atoms with Gasteiger partial charge in [0, 0.05) is 4.47 Å². The molecule has 0 saturated heterocycles. The summed E-state index contributed by atoms with van der Waals surface area (Å²) in [5.41, 5.74) is 7.83. The molecule has 2 aromatic rings. The first-order chi connectivity index (χ1) is 7.16. The molecule has 2 rings (SSSR count). The van der Waals surface area contributed by atoms with Gasteiger partial charge in [-0.15, -0.1) is 0 Å². The van der Waals surface area contributed by atoms with Gasteiger partial charge in [0.25, 0.3) is 0 Å². The number of hydrogen-bond acceptors (Lipinski definition) is 2. The van der Waals surface area contributed by atoms with Crippen LogP contribution in [0.1, 0.15) is 18.8 Å². The Labute approximate surface area is 96.9 Å². The molecule has 1 aromatic carbocycles. The van der Waals surface area contributed by atoms with Crippen LogP contribution in [0.2, 0.25) is 0 Å². The van der Waals surface area contributed by atoms with E-state index in [4.69, 9.17) is 5.73 Å². The molecule has 4 heteroatoms. The fraction of sp³-hybridized carbons (Fsp3) is 0.182. The zero-order chi connectivity index (χ0) is 10.8. The van der Waals surface area contributed by atoms with Crippen LogP contribution in [-0.4, -0.2) is 9.97 Å². The quantitative estimate of drug-likeness (QED) is 0.878. The van der Waals surface area contributed by atoms with Crippen molar-refractivity contribution in [3.05, 3.63) is 40.8 Å². The summed E-state index contributed by atoms with van der Waals surface area (Å²) in [6.07, 6.45) is 1.81. The van der Waals surface area contributed by atoms with E-state index >= 15 is 0 Å². The van der Waals surface area contributed by atoms with Gasteiger partial charge in [-0.3, -0.25) is 0 Å². The van der Waals surface area contributed by atoms with Crippen LogP contribution in [0.15, 0.2) is 34.9 Å². The van der Waals surface area contributed by atoms with Gasteiger partial charge < -0.3 is 10.7 Å². The van der Waals surface area contributed by atoms with Gasteiger partial charge in [0.1, 0.15) is 5.82 Å². The molecule has 1 aromatic heterocycles. The molecule has 0 amide bonds. The van der Waals surface area contributed by atoms with Crippen molar-refractivity contribution in [2.24, 2.45) is 5.73 Å². The molecule has 15 heavy (non-hydrogen) atoms. The van der Waals surface area contributed by atoms with Crippen LogP contribution < -0.4 is 5.73 Å². The van der Waals surface area contributed by atoms with Gasteiger partial charge in [-0.2, -0.15) is 0 Å². The number of halogens is 1. The van der Waals surface area contributed by atoms with Crippen LogP contribution in [0.5, 0.6) is 0 Å². The van der Waals surface area contributed by atoms with Gasteiger partial charge in [-0.25, -0.2) is 4.98 Å². The number of aromatic amines is 1. The Bertz CT molecular complexity index is 445. The molecule has 1 heterocycles. The average molecular weight is 266 g/mol. The number of rotatable bonds is 2. The van der Waals surface area contributed by atoms with Crippen molar-refractivity contribution in [1.82, 2.24) is 9.97 Å². The largest absolute Gasteiger partial charge is 0.341 e. The van der Waals surface area contributed by atoms with Crippen LogP contribution >= 0.6 is 15.9 Å². The Morgan fingerprint density at radius 3 is 2.53 bits per heavy atom. The average Bonchev–Trinajstić information content (AvgIpc) is 2.68. The van der Waals surface area contributed by atoms with Gasteiger partial charge in [-0.05, 0) is 24.6 Å². The number of nitrogens with zero attached hydrogens (tertiary/aromatic N) is 1. The summed E-state index contributed by atoms with van der Waals surface area (Å²) in [6.45, 7) is 1.91. The molecule has 78 valence electrons. The predicted octanol–water partition coefficient (Wildman–Crippen LogP) is 2.86. The zero-order valence-electron chi connectivity index (χ0n) is 8.37. The summed E-state index contributed by atoms with van der Waals surface area (Å²) in [5, 5.41) is 0. The van der Waals surface area contributed by atoms with E-state index in [9.17, 15) is 0 Å². The molecule has 0 aliphatic heterocycles. The number of aromatic nitrogens is 2. The topological polar surface area (TPSA) is 54.7 Å². The van der Waals surface area contributed by atoms with Crippen molar-refractivity contribution < 1.29 is 0 Å². The molecule has 0 fully saturated rings. The van der Waals surface area contributed by atoms with Crippen molar-refractivity contribution in [3.8, 4) is 11.3 Å². The van der Waals surface area contributed by atoms with E-state index < -0.39 is 0 Å². The highest BCUT2D eigenvalue weighted by atomic mass is 79.9. The lowest BCUT2D eigenvalue weighted by Gasteiger charge is -2.00. The van der Waals surface area contributed by atoms with Crippen molar-refractivity contribution in [2.45, 2.75) is 13.0 Å². The molecule has 0 aliphatic rings. The molecule has 0 saturated carbocycles. The smallest absolute Gasteiger partial charge is 0.123 e. The van der Waals surface area contributed by atoms with E-state index in [-0.39, 0.29) is 6.04 Å². The Balaban J connectivity index is 2.33. The maximum absolute atomic E-state index is 5.73. The summed E-state index contributed by atoms with van der Waals surface area (Å²) in [4.78, 5) is 7.42. The van der Waals surface area contributed by atoms with Crippen molar-refractivity contribution in [3.63, 3.8) is 0 Å². The van der Waals surface area contributed by atoms with E-state index in [1.54, 1.807) is 0 Å². The highest BCUT2D eigenvalue weighted by molar-refractivity contribution is 9.10. The lowest BCUT2D eigenvalue weighted by atomic mass is 10.2. The lowest BCUT2D eigenvalue weighted by Crippen LogP contribution is -2.06. The van der Waals surface area contributed by atoms with Gasteiger partial charge in [0.15, 0.2) is 0 Å². The summed E-state index contributed by atoms with van der Waals surface area (Å²) in [6, 6.07) is 8.00. The second-order valence-corrected chi connectivity index (χ2v) is 4.39. The maximum atomic E-state index is 5.73. The lowest BCUT2D eigenvalue weighted by molar-refractivity contribution is 0.756. The second-order valence-electron chi connectivity index (χ2n) is 3.48. The van der Waals surface area contributed by atoms with Crippen molar-refractivity contribution in [2.75, 3.05) is 0 Å². The van der Waals surface area contributed by atoms with Gasteiger partial charge in [0.2, 0.25) is 0 Å². The van der Waals surface area contributed by atoms with E-state index in [0.717, 1.165) is 21.6 Å². The summed E-state index contributed by atoms with van der Waals surface area (Å²) in [5.74, 6) is 0.813. The molecular weight excluding hydrogens is 254 g/mol. The third kappa shape index (κ3) is 2.27. The standard InChI is InChI=1S/C11H12BrN3/c1-7(13)11-14-6-10(15-11)8-2-4-9(12)5-3-8/h2-7H,13H2,1H3,(H,14,15)/t7-/m0/s1. The predicted molar refractivity (Wildman–Crippen MR) is 64.3 cm³/mol. The minimum absolute atomic E-state index is 0.0609. The van der Waals surface area contributed by atoms with E-state index in [1.807, 2.05) is 37.4 Å². The highest BCUT2D eigenvalue weighted by Crippen LogP contribution is 2.20. The Morgan fingerprint density at radius 2 is 2.00 bits per heavy atom. The van der Waals surface area contributed by atoms with Crippen LogP contribution in [0.4, 0.5) is 0 Å². The number of imidazole rings is 1. The minimum Gasteiger partial charge on any atom is -0.341 e. The zero-order valence-corrected chi connectivity index (χ0v) is 9.95. The molecule has 0 bridgehead atoms. The molecule has 0 radical (unpaired) electrons. The summed E-state index contributed by atoms with van der Waals surface area (Å²) >= 11 is 3.40.